The number of benzene rings is 1. The van der Waals surface area contributed by atoms with Gasteiger partial charge in [-0.3, -0.25) is 4.98 Å². The van der Waals surface area contributed by atoms with E-state index in [0.717, 1.165) is 0 Å². The summed E-state index contributed by atoms with van der Waals surface area (Å²) in [6.07, 6.45) is 2.89. The molecule has 0 saturated carbocycles. The molecule has 0 spiro atoms. The molecule has 1 aromatic heterocycles. The van der Waals surface area contributed by atoms with Crippen LogP contribution in [0.25, 0.3) is 11.3 Å². The van der Waals surface area contributed by atoms with E-state index in [0.29, 0.717) is 4.47 Å². The van der Waals surface area contributed by atoms with Crippen LogP contribution < -0.4 is 5.73 Å². The molecule has 0 aliphatic heterocycles. The maximum atomic E-state index is 13.8. The Morgan fingerprint density at radius 2 is 1.94 bits per heavy atom. The lowest BCUT2D eigenvalue weighted by Gasteiger charge is -2.06. The summed E-state index contributed by atoms with van der Waals surface area (Å²) in [5, 5.41) is 0.00236. The van der Waals surface area contributed by atoms with E-state index >= 15 is 0 Å². The third kappa shape index (κ3) is 1.88. The molecule has 0 fully saturated rings. The average molecular weight is 303 g/mol. The molecule has 16 heavy (non-hydrogen) atoms. The Labute approximate surface area is 105 Å². The Kier molecular flexibility index (Phi) is 3.07. The number of rotatable bonds is 1. The predicted molar refractivity (Wildman–Crippen MR) is 64.5 cm³/mol. The van der Waals surface area contributed by atoms with Crippen molar-refractivity contribution in [2.75, 3.05) is 5.73 Å². The van der Waals surface area contributed by atoms with E-state index in [1.807, 2.05) is 0 Å². The van der Waals surface area contributed by atoms with Gasteiger partial charge in [-0.2, -0.15) is 0 Å². The van der Waals surface area contributed by atoms with E-state index in [4.69, 9.17) is 17.3 Å². The van der Waals surface area contributed by atoms with Crippen molar-refractivity contribution in [3.05, 3.63) is 39.8 Å². The maximum Gasteiger partial charge on any atom is 0.152 e. The zero-order valence-electron chi connectivity index (χ0n) is 7.92. The summed E-state index contributed by atoms with van der Waals surface area (Å²) in [5.41, 5.74) is 6.14. The first-order chi connectivity index (χ1) is 7.61. The van der Waals surface area contributed by atoms with Crippen LogP contribution in [0.4, 0.5) is 10.2 Å². The quantitative estimate of drug-likeness (QED) is 0.823. The molecule has 2 rings (SSSR count). The zero-order valence-corrected chi connectivity index (χ0v) is 10.3. The molecule has 2 aromatic rings. The molecule has 0 amide bonds. The van der Waals surface area contributed by atoms with Crippen molar-refractivity contribution in [3.63, 3.8) is 0 Å². The lowest BCUT2D eigenvalue weighted by molar-refractivity contribution is 0.630. The van der Waals surface area contributed by atoms with Crippen molar-refractivity contribution in [1.82, 2.24) is 9.97 Å². The Hall–Kier alpha value is -1.20. The van der Waals surface area contributed by atoms with Crippen LogP contribution in [-0.4, -0.2) is 9.97 Å². The first-order valence-electron chi connectivity index (χ1n) is 4.31. The van der Waals surface area contributed by atoms with Gasteiger partial charge >= 0.3 is 0 Å². The smallest absolute Gasteiger partial charge is 0.152 e. The fourth-order valence-corrected chi connectivity index (χ4v) is 1.74. The molecule has 0 aliphatic rings. The van der Waals surface area contributed by atoms with E-state index in [1.165, 1.54) is 12.4 Å². The number of anilines is 1. The van der Waals surface area contributed by atoms with Gasteiger partial charge in [-0.1, -0.05) is 11.6 Å². The zero-order chi connectivity index (χ0) is 11.7. The number of hydrogen-bond donors (Lipinski definition) is 1. The molecular weight excluding hydrogens is 296 g/mol. The summed E-state index contributed by atoms with van der Waals surface area (Å²) < 4.78 is 14.3. The minimum Gasteiger partial charge on any atom is -0.382 e. The van der Waals surface area contributed by atoms with Gasteiger partial charge in [0.15, 0.2) is 5.82 Å². The Balaban J connectivity index is 2.66. The minimum atomic E-state index is -0.566. The van der Waals surface area contributed by atoms with Crippen molar-refractivity contribution < 1.29 is 4.39 Å². The van der Waals surface area contributed by atoms with Gasteiger partial charge in [-0.15, -0.1) is 0 Å². The minimum absolute atomic E-state index is 0.00236. The fourth-order valence-electron chi connectivity index (χ4n) is 1.27. The molecule has 6 heteroatoms. The SMILES string of the molecule is Nc1nccnc1-c1ccc(Br)c(Cl)c1F. The molecule has 0 saturated heterocycles. The lowest BCUT2D eigenvalue weighted by atomic mass is 10.1. The van der Waals surface area contributed by atoms with Crippen LogP contribution in [0.1, 0.15) is 0 Å². The summed E-state index contributed by atoms with van der Waals surface area (Å²) in [5.74, 6) is -0.400. The second-order valence-electron chi connectivity index (χ2n) is 3.01. The van der Waals surface area contributed by atoms with Crippen LogP contribution in [0.2, 0.25) is 5.02 Å². The molecular formula is C10H6BrClFN3. The molecule has 1 heterocycles. The Morgan fingerprint density at radius 3 is 2.62 bits per heavy atom. The monoisotopic (exact) mass is 301 g/mol. The second kappa shape index (κ2) is 4.35. The summed E-state index contributed by atoms with van der Waals surface area (Å²) in [6, 6.07) is 3.18. The van der Waals surface area contributed by atoms with Gasteiger partial charge in [0.1, 0.15) is 11.5 Å². The summed E-state index contributed by atoms with van der Waals surface area (Å²) >= 11 is 8.91. The number of hydrogen-bond acceptors (Lipinski definition) is 3. The molecule has 3 nitrogen and oxygen atoms in total. The van der Waals surface area contributed by atoms with Gasteiger partial charge in [0.2, 0.25) is 0 Å². The highest BCUT2D eigenvalue weighted by molar-refractivity contribution is 9.10. The number of halogens is 3. The third-order valence-corrected chi connectivity index (χ3v) is 3.28. The normalized spacial score (nSPS) is 10.4. The Bertz CT molecular complexity index is 548. The number of nitrogens with zero attached hydrogens (tertiary/aromatic N) is 2. The lowest BCUT2D eigenvalue weighted by Crippen LogP contribution is -1.98. The standard InChI is InChI=1S/C10H6BrClFN3/c11-6-2-1-5(8(13)7(6)12)9-10(14)16-4-3-15-9/h1-4H,(H2,14,16). The van der Waals surface area contributed by atoms with Gasteiger partial charge in [-0.25, -0.2) is 9.37 Å². The first kappa shape index (κ1) is 11.3. The number of nitrogen functional groups attached to an aromatic ring is 1. The number of aromatic nitrogens is 2. The summed E-state index contributed by atoms with van der Waals surface area (Å²) in [6.45, 7) is 0. The number of nitrogens with two attached hydrogens (primary N) is 1. The van der Waals surface area contributed by atoms with E-state index < -0.39 is 5.82 Å². The van der Waals surface area contributed by atoms with Crippen molar-refractivity contribution in [2.24, 2.45) is 0 Å². The Morgan fingerprint density at radius 1 is 1.25 bits per heavy atom. The highest BCUT2D eigenvalue weighted by atomic mass is 79.9. The molecule has 0 aliphatic carbocycles. The van der Waals surface area contributed by atoms with Crippen molar-refractivity contribution in [3.8, 4) is 11.3 Å². The fraction of sp³-hybridized carbons (Fsp3) is 0. The average Bonchev–Trinajstić information content (AvgIpc) is 2.28. The van der Waals surface area contributed by atoms with Gasteiger partial charge in [0.05, 0.1) is 5.02 Å². The van der Waals surface area contributed by atoms with E-state index in [2.05, 4.69) is 25.9 Å². The highest BCUT2D eigenvalue weighted by Crippen LogP contribution is 2.33. The topological polar surface area (TPSA) is 51.8 Å². The van der Waals surface area contributed by atoms with Gasteiger partial charge < -0.3 is 5.73 Å². The largest absolute Gasteiger partial charge is 0.382 e. The van der Waals surface area contributed by atoms with Crippen LogP contribution in [0, 0.1) is 5.82 Å². The van der Waals surface area contributed by atoms with Crippen LogP contribution in [-0.2, 0) is 0 Å². The van der Waals surface area contributed by atoms with Gasteiger partial charge in [0, 0.05) is 22.4 Å². The van der Waals surface area contributed by atoms with Gasteiger partial charge in [-0.05, 0) is 28.1 Å². The van der Waals surface area contributed by atoms with Crippen LogP contribution in [0.5, 0.6) is 0 Å². The molecule has 2 N–H and O–H groups in total. The van der Waals surface area contributed by atoms with E-state index in [1.54, 1.807) is 12.1 Å². The van der Waals surface area contributed by atoms with Crippen molar-refractivity contribution in [1.29, 1.82) is 0 Å². The third-order valence-electron chi connectivity index (χ3n) is 2.02. The van der Waals surface area contributed by atoms with Crippen molar-refractivity contribution >= 4 is 33.3 Å². The summed E-state index contributed by atoms with van der Waals surface area (Å²) in [7, 11) is 0. The second-order valence-corrected chi connectivity index (χ2v) is 4.25. The molecule has 82 valence electrons. The van der Waals surface area contributed by atoms with Crippen molar-refractivity contribution in [2.45, 2.75) is 0 Å². The maximum absolute atomic E-state index is 13.8. The molecule has 0 bridgehead atoms. The van der Waals surface area contributed by atoms with E-state index in [-0.39, 0.29) is 22.1 Å². The molecule has 1 aromatic carbocycles. The first-order valence-corrected chi connectivity index (χ1v) is 5.48. The predicted octanol–water partition coefficient (Wildman–Crippen LogP) is 3.28. The highest BCUT2D eigenvalue weighted by Gasteiger charge is 2.15. The molecule has 0 radical (unpaired) electrons. The van der Waals surface area contributed by atoms with Crippen LogP contribution in [0.3, 0.4) is 0 Å². The van der Waals surface area contributed by atoms with Gasteiger partial charge in [0.25, 0.3) is 0 Å². The van der Waals surface area contributed by atoms with Crippen LogP contribution in [0.15, 0.2) is 29.0 Å². The molecule has 0 unspecified atom stereocenters. The molecule has 0 atom stereocenters. The van der Waals surface area contributed by atoms with Crippen LogP contribution >= 0.6 is 27.5 Å². The van der Waals surface area contributed by atoms with E-state index in [9.17, 15) is 4.39 Å². The summed E-state index contributed by atoms with van der Waals surface area (Å²) in [4.78, 5) is 7.82.